The molecule has 0 spiro atoms. The van der Waals surface area contributed by atoms with Crippen molar-refractivity contribution < 1.29 is 4.79 Å². The lowest BCUT2D eigenvalue weighted by molar-refractivity contribution is 0.0932. The Balaban J connectivity index is 1.68. The minimum absolute atomic E-state index is 0.0871. The molecule has 1 aliphatic carbocycles. The van der Waals surface area contributed by atoms with Gasteiger partial charge in [-0.3, -0.25) is 4.79 Å². The Bertz CT molecular complexity index is 570. The van der Waals surface area contributed by atoms with Gasteiger partial charge in [0.1, 0.15) is 0 Å². The summed E-state index contributed by atoms with van der Waals surface area (Å²) in [6.07, 6.45) is 6.05. The maximum Gasteiger partial charge on any atom is 0.261 e. The third kappa shape index (κ3) is 3.10. The highest BCUT2D eigenvalue weighted by Crippen LogP contribution is 2.28. The summed E-state index contributed by atoms with van der Waals surface area (Å²) < 4.78 is 0. The monoisotopic (exact) mass is 285 g/mol. The molecule has 0 unspecified atom stereocenters. The number of hydrogen-bond acceptors (Lipinski definition) is 2. The molecule has 1 heterocycles. The van der Waals surface area contributed by atoms with Gasteiger partial charge in [-0.05, 0) is 30.5 Å². The van der Waals surface area contributed by atoms with Crippen molar-refractivity contribution in [3.63, 3.8) is 0 Å². The minimum atomic E-state index is 0.0871. The van der Waals surface area contributed by atoms with E-state index < -0.39 is 0 Å². The molecular weight excluding hydrogens is 266 g/mol. The Kier molecular flexibility index (Phi) is 4.16. The summed E-state index contributed by atoms with van der Waals surface area (Å²) >= 11 is 1.57. The number of carbonyl (C=O) groups excluding carboxylic acids is 1. The molecule has 1 aliphatic rings. The molecule has 20 heavy (non-hydrogen) atoms. The number of hydrogen-bond donors (Lipinski definition) is 1. The van der Waals surface area contributed by atoms with Crippen molar-refractivity contribution in [3.8, 4) is 10.4 Å². The van der Waals surface area contributed by atoms with E-state index in [-0.39, 0.29) is 5.91 Å². The van der Waals surface area contributed by atoms with Gasteiger partial charge in [0.05, 0.1) is 4.88 Å². The molecule has 3 rings (SSSR count). The summed E-state index contributed by atoms with van der Waals surface area (Å²) in [6, 6.07) is 14.6. The smallest absolute Gasteiger partial charge is 0.261 e. The van der Waals surface area contributed by atoms with Crippen LogP contribution < -0.4 is 5.32 Å². The van der Waals surface area contributed by atoms with Crippen LogP contribution in [-0.2, 0) is 0 Å². The first kappa shape index (κ1) is 13.4. The Morgan fingerprint density at radius 3 is 2.50 bits per heavy atom. The van der Waals surface area contributed by atoms with Gasteiger partial charge in [0, 0.05) is 10.9 Å². The lowest BCUT2D eigenvalue weighted by Gasteiger charge is -2.22. The van der Waals surface area contributed by atoms with Crippen LogP contribution in [0.25, 0.3) is 10.4 Å². The normalized spacial score (nSPS) is 16.0. The second-order valence-electron chi connectivity index (χ2n) is 5.34. The van der Waals surface area contributed by atoms with E-state index in [2.05, 4.69) is 17.4 Å². The number of carbonyl (C=O) groups is 1. The molecule has 0 radical (unpaired) electrons. The number of thiophene rings is 1. The Labute approximate surface area is 123 Å². The Hall–Kier alpha value is -1.61. The van der Waals surface area contributed by atoms with E-state index >= 15 is 0 Å². The molecule has 1 aromatic carbocycles. The van der Waals surface area contributed by atoms with Crippen LogP contribution >= 0.6 is 11.3 Å². The molecule has 0 atom stereocenters. The molecule has 1 saturated carbocycles. The highest BCUT2D eigenvalue weighted by molar-refractivity contribution is 7.17. The van der Waals surface area contributed by atoms with Gasteiger partial charge in [0.2, 0.25) is 0 Å². The maximum absolute atomic E-state index is 12.3. The molecule has 104 valence electrons. The fraction of sp³-hybridized carbons (Fsp3) is 0.353. The molecule has 1 fully saturated rings. The highest BCUT2D eigenvalue weighted by Gasteiger charge is 2.17. The zero-order valence-electron chi connectivity index (χ0n) is 11.5. The summed E-state index contributed by atoms with van der Waals surface area (Å²) in [5, 5.41) is 3.17. The zero-order valence-corrected chi connectivity index (χ0v) is 12.3. The molecule has 1 amide bonds. The molecule has 2 aromatic rings. The predicted octanol–water partition coefficient (Wildman–Crippen LogP) is 4.48. The minimum Gasteiger partial charge on any atom is -0.349 e. The molecule has 2 nitrogen and oxygen atoms in total. The topological polar surface area (TPSA) is 29.1 Å². The van der Waals surface area contributed by atoms with Crippen molar-refractivity contribution in [2.45, 2.75) is 38.1 Å². The van der Waals surface area contributed by atoms with Gasteiger partial charge < -0.3 is 5.32 Å². The van der Waals surface area contributed by atoms with E-state index in [1.807, 2.05) is 30.3 Å². The third-order valence-electron chi connectivity index (χ3n) is 3.83. The van der Waals surface area contributed by atoms with Gasteiger partial charge >= 0.3 is 0 Å². The quantitative estimate of drug-likeness (QED) is 0.885. The van der Waals surface area contributed by atoms with Gasteiger partial charge in [0.25, 0.3) is 5.91 Å². The standard InChI is InChI=1S/C17H19NOS/c19-17(18-14-9-5-2-6-10-14)16-12-11-15(20-16)13-7-3-1-4-8-13/h1,3-4,7-8,11-12,14H,2,5-6,9-10H2,(H,18,19). The van der Waals surface area contributed by atoms with Crippen molar-refractivity contribution >= 4 is 17.2 Å². The van der Waals surface area contributed by atoms with Crippen LogP contribution in [0.4, 0.5) is 0 Å². The summed E-state index contributed by atoms with van der Waals surface area (Å²) in [5.41, 5.74) is 1.18. The summed E-state index contributed by atoms with van der Waals surface area (Å²) in [5.74, 6) is 0.0871. The van der Waals surface area contributed by atoms with Gasteiger partial charge in [-0.1, -0.05) is 49.6 Å². The third-order valence-corrected chi connectivity index (χ3v) is 4.96. The maximum atomic E-state index is 12.3. The van der Waals surface area contributed by atoms with Crippen LogP contribution in [0.5, 0.6) is 0 Å². The van der Waals surface area contributed by atoms with Crippen LogP contribution in [0.3, 0.4) is 0 Å². The van der Waals surface area contributed by atoms with Crippen LogP contribution in [-0.4, -0.2) is 11.9 Å². The van der Waals surface area contributed by atoms with Crippen molar-refractivity contribution in [2.75, 3.05) is 0 Å². The van der Waals surface area contributed by atoms with E-state index in [0.717, 1.165) is 22.6 Å². The Morgan fingerprint density at radius 2 is 1.75 bits per heavy atom. The van der Waals surface area contributed by atoms with Crippen LogP contribution in [0.1, 0.15) is 41.8 Å². The van der Waals surface area contributed by atoms with Crippen molar-refractivity contribution in [1.29, 1.82) is 0 Å². The first-order valence-corrected chi connectivity index (χ1v) is 8.11. The predicted molar refractivity (Wildman–Crippen MR) is 84.1 cm³/mol. The van der Waals surface area contributed by atoms with Crippen molar-refractivity contribution in [1.82, 2.24) is 5.32 Å². The number of rotatable bonds is 3. The lowest BCUT2D eigenvalue weighted by atomic mass is 9.95. The van der Waals surface area contributed by atoms with E-state index in [0.29, 0.717) is 6.04 Å². The molecule has 1 aromatic heterocycles. The molecule has 0 aliphatic heterocycles. The second kappa shape index (κ2) is 6.23. The van der Waals surface area contributed by atoms with Gasteiger partial charge in [0.15, 0.2) is 0 Å². The molecule has 3 heteroatoms. The van der Waals surface area contributed by atoms with Crippen LogP contribution in [0.15, 0.2) is 42.5 Å². The average Bonchev–Trinajstić information content (AvgIpc) is 2.99. The summed E-state index contributed by atoms with van der Waals surface area (Å²) in [4.78, 5) is 14.2. The molecule has 1 N–H and O–H groups in total. The number of amides is 1. The fourth-order valence-corrected chi connectivity index (χ4v) is 3.64. The SMILES string of the molecule is O=C(NC1CCCCC1)c1ccc(-c2ccccc2)s1. The van der Waals surface area contributed by atoms with Gasteiger partial charge in [-0.25, -0.2) is 0 Å². The zero-order chi connectivity index (χ0) is 13.8. The number of benzene rings is 1. The summed E-state index contributed by atoms with van der Waals surface area (Å²) in [6.45, 7) is 0. The van der Waals surface area contributed by atoms with Gasteiger partial charge in [-0.15, -0.1) is 11.3 Å². The van der Waals surface area contributed by atoms with E-state index in [4.69, 9.17) is 0 Å². The van der Waals surface area contributed by atoms with E-state index in [1.54, 1.807) is 11.3 Å². The molecule has 0 bridgehead atoms. The number of nitrogens with one attached hydrogen (secondary N) is 1. The van der Waals surface area contributed by atoms with Crippen LogP contribution in [0.2, 0.25) is 0 Å². The second-order valence-corrected chi connectivity index (χ2v) is 6.42. The van der Waals surface area contributed by atoms with E-state index in [9.17, 15) is 4.79 Å². The lowest BCUT2D eigenvalue weighted by Crippen LogP contribution is -2.35. The van der Waals surface area contributed by atoms with E-state index in [1.165, 1.54) is 24.8 Å². The Morgan fingerprint density at radius 1 is 1.00 bits per heavy atom. The van der Waals surface area contributed by atoms with Crippen molar-refractivity contribution in [3.05, 3.63) is 47.3 Å². The average molecular weight is 285 g/mol. The molecule has 0 saturated heterocycles. The fourth-order valence-electron chi connectivity index (χ4n) is 2.72. The highest BCUT2D eigenvalue weighted by atomic mass is 32.1. The molecular formula is C17H19NOS. The first-order chi connectivity index (χ1) is 9.83. The summed E-state index contributed by atoms with van der Waals surface area (Å²) in [7, 11) is 0. The largest absolute Gasteiger partial charge is 0.349 e. The van der Waals surface area contributed by atoms with Crippen molar-refractivity contribution in [2.24, 2.45) is 0 Å². The first-order valence-electron chi connectivity index (χ1n) is 7.29. The van der Waals surface area contributed by atoms with Gasteiger partial charge in [-0.2, -0.15) is 0 Å². The van der Waals surface area contributed by atoms with Crippen LogP contribution in [0, 0.1) is 0 Å².